The number of carbonyl (C=O) groups excluding carboxylic acids is 1. The molecule has 1 rings (SSSR count). The predicted molar refractivity (Wildman–Crippen MR) is 136 cm³/mol. The van der Waals surface area contributed by atoms with Gasteiger partial charge in [-0.2, -0.15) is 0 Å². The number of rotatable bonds is 19. The van der Waals surface area contributed by atoms with Crippen LogP contribution in [0.25, 0.3) is 0 Å². The Morgan fingerprint density at radius 1 is 0.758 bits per heavy atom. The van der Waals surface area contributed by atoms with Crippen LogP contribution in [-0.2, 0) is 14.8 Å². The van der Waals surface area contributed by atoms with Gasteiger partial charge in [0.2, 0.25) is 5.91 Å². The third kappa shape index (κ3) is 15.4. The smallest absolute Gasteiger partial charge is 0.264 e. The van der Waals surface area contributed by atoms with Crippen LogP contribution in [0.4, 0.5) is 5.69 Å². The number of carbonyl (C=O) groups is 1. The number of allylic oxidation sites excluding steroid dienone is 4. The highest BCUT2D eigenvalue weighted by Crippen LogP contribution is 2.12. The summed E-state index contributed by atoms with van der Waals surface area (Å²) in [6, 6.07) is 5.75. The lowest BCUT2D eigenvalue weighted by atomic mass is 10.1. The number of aliphatic hydroxyl groups excluding tert-OH is 1. The van der Waals surface area contributed by atoms with Crippen molar-refractivity contribution in [1.82, 2.24) is 4.72 Å². The summed E-state index contributed by atoms with van der Waals surface area (Å²) >= 11 is 0. The van der Waals surface area contributed by atoms with Crippen molar-refractivity contribution in [2.75, 3.05) is 12.3 Å². The largest absolute Gasteiger partial charge is 0.399 e. The van der Waals surface area contributed by atoms with Crippen LogP contribution in [0.5, 0.6) is 0 Å². The highest BCUT2D eigenvalue weighted by atomic mass is 32.2. The summed E-state index contributed by atoms with van der Waals surface area (Å²) in [5, 5.41) is 8.72. The number of nitrogen functional groups attached to an aromatic ring is 1. The van der Waals surface area contributed by atoms with Gasteiger partial charge in [-0.1, -0.05) is 50.0 Å². The van der Waals surface area contributed by atoms with E-state index in [2.05, 4.69) is 29.0 Å². The topological polar surface area (TPSA) is 109 Å². The number of unbranched alkanes of at least 4 members (excludes halogenated alkanes) is 10. The number of anilines is 1. The van der Waals surface area contributed by atoms with Gasteiger partial charge in [0.05, 0.1) is 4.90 Å². The molecule has 4 N–H and O–H groups in total. The van der Waals surface area contributed by atoms with E-state index >= 15 is 0 Å². The van der Waals surface area contributed by atoms with Gasteiger partial charge in [0, 0.05) is 18.7 Å². The van der Waals surface area contributed by atoms with Gasteiger partial charge in [0.15, 0.2) is 0 Å². The van der Waals surface area contributed by atoms with E-state index in [1.54, 1.807) is 0 Å². The first-order chi connectivity index (χ1) is 16.0. The van der Waals surface area contributed by atoms with Crippen LogP contribution in [0, 0.1) is 0 Å². The Morgan fingerprint density at radius 3 is 1.73 bits per heavy atom. The standard InChI is InChI=1S/C26H42N2O4S/c27-24-19-21-25(22-20-24)33(31,32)28-26(30)18-16-14-12-10-8-6-4-2-1-3-5-7-9-11-13-15-17-23-29/h7,9-10,12,19-22,29H,1-6,8,11,13-18,23,27H2,(H,28,30)/b9-7-,12-10-. The molecule has 0 saturated heterocycles. The molecule has 0 unspecified atom stereocenters. The minimum Gasteiger partial charge on any atom is -0.399 e. The monoisotopic (exact) mass is 478 g/mol. The summed E-state index contributed by atoms with van der Waals surface area (Å²) in [6.45, 7) is 0.305. The second-order valence-electron chi connectivity index (χ2n) is 8.35. The fourth-order valence-corrected chi connectivity index (χ4v) is 4.38. The first kappa shape index (κ1) is 28.9. The molecular formula is C26H42N2O4S. The van der Waals surface area contributed by atoms with Crippen molar-refractivity contribution in [2.45, 2.75) is 94.8 Å². The summed E-state index contributed by atoms with van der Waals surface area (Å²) in [7, 11) is -3.83. The van der Waals surface area contributed by atoms with Crippen molar-refractivity contribution in [3.8, 4) is 0 Å². The van der Waals surface area contributed by atoms with Crippen LogP contribution in [0.2, 0.25) is 0 Å². The summed E-state index contributed by atoms with van der Waals surface area (Å²) in [4.78, 5) is 12.0. The highest BCUT2D eigenvalue weighted by molar-refractivity contribution is 7.90. The Balaban J connectivity index is 1.97. The second kappa shape index (κ2) is 18.3. The van der Waals surface area contributed by atoms with Gasteiger partial charge in [-0.15, -0.1) is 0 Å². The van der Waals surface area contributed by atoms with E-state index in [-0.39, 0.29) is 11.3 Å². The summed E-state index contributed by atoms with van der Waals surface area (Å²) in [6.07, 6.45) is 23.1. The van der Waals surface area contributed by atoms with Crippen molar-refractivity contribution in [1.29, 1.82) is 0 Å². The Morgan fingerprint density at radius 2 is 1.21 bits per heavy atom. The molecule has 0 radical (unpaired) electrons. The van der Waals surface area contributed by atoms with Gasteiger partial charge >= 0.3 is 0 Å². The van der Waals surface area contributed by atoms with Crippen molar-refractivity contribution in [3.05, 3.63) is 48.6 Å². The number of aliphatic hydroxyl groups is 1. The zero-order valence-corrected chi connectivity index (χ0v) is 20.7. The molecule has 0 atom stereocenters. The molecule has 0 aliphatic rings. The molecule has 0 heterocycles. The average Bonchev–Trinajstić information content (AvgIpc) is 2.78. The zero-order chi connectivity index (χ0) is 24.2. The highest BCUT2D eigenvalue weighted by Gasteiger charge is 2.16. The number of benzene rings is 1. The van der Waals surface area contributed by atoms with E-state index in [0.29, 0.717) is 18.7 Å². The van der Waals surface area contributed by atoms with Gasteiger partial charge < -0.3 is 10.8 Å². The van der Waals surface area contributed by atoms with E-state index in [0.717, 1.165) is 38.5 Å². The quantitative estimate of drug-likeness (QED) is 0.135. The fourth-order valence-electron chi connectivity index (χ4n) is 3.36. The first-order valence-electron chi connectivity index (χ1n) is 12.3. The van der Waals surface area contributed by atoms with E-state index in [1.165, 1.54) is 62.8 Å². The minimum absolute atomic E-state index is 0.0340. The van der Waals surface area contributed by atoms with Crippen LogP contribution in [0.1, 0.15) is 89.9 Å². The number of hydrogen-bond donors (Lipinski definition) is 3. The fraction of sp³-hybridized carbons (Fsp3) is 0.577. The molecule has 1 aromatic carbocycles. The lowest BCUT2D eigenvalue weighted by molar-refractivity contribution is -0.119. The van der Waals surface area contributed by atoms with E-state index in [1.807, 2.05) is 0 Å². The van der Waals surface area contributed by atoms with E-state index in [9.17, 15) is 13.2 Å². The lowest BCUT2D eigenvalue weighted by Crippen LogP contribution is -2.30. The van der Waals surface area contributed by atoms with Crippen LogP contribution < -0.4 is 10.5 Å². The molecule has 0 spiro atoms. The summed E-state index contributed by atoms with van der Waals surface area (Å²) in [5.74, 6) is -0.489. The Hall–Kier alpha value is -2.12. The summed E-state index contributed by atoms with van der Waals surface area (Å²) < 4.78 is 26.4. The van der Waals surface area contributed by atoms with Crippen molar-refractivity contribution >= 4 is 21.6 Å². The van der Waals surface area contributed by atoms with Crippen molar-refractivity contribution < 1.29 is 18.3 Å². The van der Waals surface area contributed by atoms with Gasteiger partial charge in [-0.05, 0) is 82.1 Å². The van der Waals surface area contributed by atoms with Crippen LogP contribution in [0.3, 0.4) is 0 Å². The van der Waals surface area contributed by atoms with Crippen LogP contribution >= 0.6 is 0 Å². The first-order valence-corrected chi connectivity index (χ1v) is 13.8. The number of amides is 1. The van der Waals surface area contributed by atoms with Crippen molar-refractivity contribution in [2.24, 2.45) is 0 Å². The maximum Gasteiger partial charge on any atom is 0.264 e. The molecule has 33 heavy (non-hydrogen) atoms. The van der Waals surface area contributed by atoms with Gasteiger partial charge in [0.25, 0.3) is 10.0 Å². The molecule has 7 heteroatoms. The Kier molecular flexibility index (Phi) is 16.1. The molecule has 0 fully saturated rings. The van der Waals surface area contributed by atoms with Gasteiger partial charge in [0.1, 0.15) is 0 Å². The predicted octanol–water partition coefficient (Wildman–Crippen LogP) is 5.64. The zero-order valence-electron chi connectivity index (χ0n) is 19.9. The number of nitrogens with one attached hydrogen (secondary N) is 1. The van der Waals surface area contributed by atoms with Gasteiger partial charge in [-0.25, -0.2) is 13.1 Å². The number of nitrogens with two attached hydrogens (primary N) is 1. The molecule has 0 aliphatic carbocycles. The Labute approximate surface area is 200 Å². The maximum atomic E-state index is 12.1. The lowest BCUT2D eigenvalue weighted by Gasteiger charge is -2.06. The molecule has 0 saturated carbocycles. The van der Waals surface area contributed by atoms with Gasteiger partial charge in [-0.3, -0.25) is 4.79 Å². The Bertz CT molecular complexity index is 802. The third-order valence-corrected chi connectivity index (χ3v) is 6.71. The second-order valence-corrected chi connectivity index (χ2v) is 10.0. The van der Waals surface area contributed by atoms with Crippen LogP contribution in [-0.4, -0.2) is 26.0 Å². The molecule has 1 aromatic rings. The van der Waals surface area contributed by atoms with E-state index in [4.69, 9.17) is 10.8 Å². The molecule has 1 amide bonds. The van der Waals surface area contributed by atoms with E-state index < -0.39 is 15.9 Å². The number of sulfonamides is 1. The third-order valence-electron chi connectivity index (χ3n) is 5.32. The van der Waals surface area contributed by atoms with Crippen LogP contribution in [0.15, 0.2) is 53.5 Å². The summed E-state index contributed by atoms with van der Waals surface area (Å²) in [5.41, 5.74) is 6.03. The maximum absolute atomic E-state index is 12.1. The average molecular weight is 479 g/mol. The molecule has 186 valence electrons. The minimum atomic E-state index is -3.83. The molecular weight excluding hydrogens is 436 g/mol. The molecule has 0 bridgehead atoms. The molecule has 0 aliphatic heterocycles. The normalized spacial score (nSPS) is 12.0. The van der Waals surface area contributed by atoms with Crippen molar-refractivity contribution in [3.63, 3.8) is 0 Å². The SMILES string of the molecule is Nc1ccc(S(=O)(=O)NC(=O)CCC/C=C\CCCCCCC/C=C\CCCCCO)cc1. The molecule has 0 aromatic heterocycles. The molecule has 6 nitrogen and oxygen atoms in total. The number of hydrogen-bond acceptors (Lipinski definition) is 5.